The molecule has 0 unspecified atom stereocenters. The van der Waals surface area contributed by atoms with Gasteiger partial charge >= 0.3 is 5.97 Å². The standard InChI is InChI=1S/C15H18O3/c1-7-4-5-10-9(3)15(17)18-14(10)13-8(2)6-11(16)12(7)13/h6-7,10,12-14H,3-5H2,1-2H3/t7-,10+,12-,13-,14+/m1/s1. The van der Waals surface area contributed by atoms with E-state index in [0.717, 1.165) is 18.4 Å². The maximum Gasteiger partial charge on any atom is 0.334 e. The quantitative estimate of drug-likeness (QED) is 0.486. The molecule has 0 N–H and O–H groups in total. The molecule has 3 rings (SSSR count). The lowest BCUT2D eigenvalue weighted by molar-refractivity contribution is -0.142. The van der Waals surface area contributed by atoms with Crippen molar-refractivity contribution in [3.05, 3.63) is 23.8 Å². The van der Waals surface area contributed by atoms with Crippen molar-refractivity contribution in [2.24, 2.45) is 23.7 Å². The van der Waals surface area contributed by atoms with E-state index in [1.807, 2.05) is 6.92 Å². The summed E-state index contributed by atoms with van der Waals surface area (Å²) in [7, 11) is 0. The molecule has 0 amide bonds. The fourth-order valence-electron chi connectivity index (χ4n) is 3.89. The average molecular weight is 246 g/mol. The summed E-state index contributed by atoms with van der Waals surface area (Å²) in [5, 5.41) is 0. The Morgan fingerprint density at radius 3 is 2.72 bits per heavy atom. The summed E-state index contributed by atoms with van der Waals surface area (Å²) in [6.07, 6.45) is 3.44. The van der Waals surface area contributed by atoms with Crippen molar-refractivity contribution in [3.63, 3.8) is 0 Å². The molecule has 0 aromatic carbocycles. The first-order valence-electron chi connectivity index (χ1n) is 6.62. The molecule has 0 radical (unpaired) electrons. The van der Waals surface area contributed by atoms with Gasteiger partial charge in [-0.25, -0.2) is 4.79 Å². The Labute approximate surface area is 107 Å². The first kappa shape index (κ1) is 11.7. The van der Waals surface area contributed by atoms with E-state index in [1.54, 1.807) is 6.08 Å². The molecule has 1 saturated carbocycles. The van der Waals surface area contributed by atoms with E-state index >= 15 is 0 Å². The SMILES string of the molecule is C=C1C(=O)O[C@@H]2[C@@H]3C(C)=CC(=O)[C@H]3[C@H](C)CC[C@@H]12. The zero-order chi connectivity index (χ0) is 13.0. The summed E-state index contributed by atoms with van der Waals surface area (Å²) in [6, 6.07) is 0. The zero-order valence-corrected chi connectivity index (χ0v) is 10.8. The lowest BCUT2D eigenvalue weighted by Crippen LogP contribution is -2.33. The number of carbonyl (C=O) groups excluding carboxylic acids is 2. The lowest BCUT2D eigenvalue weighted by atomic mass is 9.78. The number of allylic oxidation sites excluding steroid dienone is 1. The fourth-order valence-corrected chi connectivity index (χ4v) is 3.89. The Balaban J connectivity index is 2.02. The van der Waals surface area contributed by atoms with Crippen molar-refractivity contribution >= 4 is 11.8 Å². The topological polar surface area (TPSA) is 43.4 Å². The largest absolute Gasteiger partial charge is 0.458 e. The van der Waals surface area contributed by atoms with Crippen molar-refractivity contribution in [2.45, 2.75) is 32.8 Å². The monoisotopic (exact) mass is 246 g/mol. The van der Waals surface area contributed by atoms with E-state index in [9.17, 15) is 9.59 Å². The highest BCUT2D eigenvalue weighted by molar-refractivity contribution is 5.97. The number of hydrogen-bond donors (Lipinski definition) is 0. The van der Waals surface area contributed by atoms with Crippen molar-refractivity contribution in [2.75, 3.05) is 0 Å². The molecule has 2 aliphatic carbocycles. The van der Waals surface area contributed by atoms with Crippen LogP contribution in [0.25, 0.3) is 0 Å². The molecular formula is C15H18O3. The molecule has 0 aromatic rings. The van der Waals surface area contributed by atoms with E-state index in [-0.39, 0.29) is 35.6 Å². The molecule has 1 saturated heterocycles. The Morgan fingerprint density at radius 1 is 1.28 bits per heavy atom. The molecule has 1 heterocycles. The van der Waals surface area contributed by atoms with Crippen LogP contribution < -0.4 is 0 Å². The highest BCUT2D eigenvalue weighted by atomic mass is 16.6. The second-order valence-electron chi connectivity index (χ2n) is 5.90. The van der Waals surface area contributed by atoms with Crippen LogP contribution in [0.15, 0.2) is 23.8 Å². The molecule has 0 spiro atoms. The van der Waals surface area contributed by atoms with Crippen LogP contribution in [-0.4, -0.2) is 17.9 Å². The predicted octanol–water partition coefficient (Wildman–Crippen LogP) is 2.28. The van der Waals surface area contributed by atoms with Gasteiger partial charge in [0.05, 0.1) is 0 Å². The molecule has 2 fully saturated rings. The van der Waals surface area contributed by atoms with Crippen LogP contribution in [0.5, 0.6) is 0 Å². The van der Waals surface area contributed by atoms with Gasteiger partial charge in [-0.05, 0) is 31.8 Å². The number of rotatable bonds is 0. The highest BCUT2D eigenvalue weighted by Gasteiger charge is 2.52. The second kappa shape index (κ2) is 3.81. The zero-order valence-electron chi connectivity index (χ0n) is 10.8. The molecule has 1 aliphatic heterocycles. The van der Waals surface area contributed by atoms with Crippen molar-refractivity contribution in [1.82, 2.24) is 0 Å². The van der Waals surface area contributed by atoms with Gasteiger partial charge in [0.2, 0.25) is 0 Å². The van der Waals surface area contributed by atoms with Gasteiger partial charge in [-0.3, -0.25) is 4.79 Å². The molecule has 96 valence electrons. The van der Waals surface area contributed by atoms with Gasteiger partial charge in [-0.1, -0.05) is 19.1 Å². The van der Waals surface area contributed by atoms with Gasteiger partial charge in [0.15, 0.2) is 5.78 Å². The molecular weight excluding hydrogens is 228 g/mol. The van der Waals surface area contributed by atoms with Crippen molar-refractivity contribution < 1.29 is 14.3 Å². The van der Waals surface area contributed by atoms with E-state index in [4.69, 9.17) is 4.74 Å². The van der Waals surface area contributed by atoms with Crippen molar-refractivity contribution in [3.8, 4) is 0 Å². The summed E-state index contributed by atoms with van der Waals surface area (Å²) < 4.78 is 5.51. The second-order valence-corrected chi connectivity index (χ2v) is 5.90. The maximum absolute atomic E-state index is 12.1. The molecule has 0 bridgehead atoms. The van der Waals surface area contributed by atoms with E-state index in [2.05, 4.69) is 13.5 Å². The van der Waals surface area contributed by atoms with E-state index < -0.39 is 0 Å². The summed E-state index contributed by atoms with van der Waals surface area (Å²) in [4.78, 5) is 23.8. The maximum atomic E-state index is 12.1. The minimum Gasteiger partial charge on any atom is -0.458 e. The minimum absolute atomic E-state index is 0.00120. The van der Waals surface area contributed by atoms with Crippen LogP contribution in [0, 0.1) is 23.7 Å². The summed E-state index contributed by atoms with van der Waals surface area (Å²) in [5.41, 5.74) is 1.66. The molecule has 3 nitrogen and oxygen atoms in total. The highest BCUT2D eigenvalue weighted by Crippen LogP contribution is 2.49. The molecule has 3 heteroatoms. The van der Waals surface area contributed by atoms with Gasteiger partial charge in [-0.2, -0.15) is 0 Å². The third-order valence-corrected chi connectivity index (χ3v) is 4.86. The molecule has 3 aliphatic rings. The summed E-state index contributed by atoms with van der Waals surface area (Å²) in [5.74, 6) is 0.462. The Kier molecular flexibility index (Phi) is 2.47. The van der Waals surface area contributed by atoms with E-state index in [1.165, 1.54) is 0 Å². The minimum atomic E-state index is -0.273. The van der Waals surface area contributed by atoms with Gasteiger partial charge < -0.3 is 4.74 Å². The van der Waals surface area contributed by atoms with Crippen LogP contribution in [-0.2, 0) is 14.3 Å². The predicted molar refractivity (Wildman–Crippen MR) is 66.7 cm³/mol. The number of esters is 1. The van der Waals surface area contributed by atoms with Crippen LogP contribution in [0.4, 0.5) is 0 Å². The van der Waals surface area contributed by atoms with Crippen LogP contribution in [0.2, 0.25) is 0 Å². The number of carbonyl (C=O) groups is 2. The van der Waals surface area contributed by atoms with Gasteiger partial charge in [0, 0.05) is 23.3 Å². The smallest absolute Gasteiger partial charge is 0.334 e. The van der Waals surface area contributed by atoms with Crippen LogP contribution in [0.1, 0.15) is 26.7 Å². The number of fused-ring (bicyclic) bond motifs is 3. The van der Waals surface area contributed by atoms with Crippen LogP contribution >= 0.6 is 0 Å². The molecule has 5 atom stereocenters. The average Bonchev–Trinajstić information content (AvgIpc) is 2.68. The first-order valence-corrected chi connectivity index (χ1v) is 6.62. The van der Waals surface area contributed by atoms with Gasteiger partial charge in [0.25, 0.3) is 0 Å². The Bertz CT molecular complexity index is 474. The van der Waals surface area contributed by atoms with E-state index in [0.29, 0.717) is 11.5 Å². The third-order valence-electron chi connectivity index (χ3n) is 4.86. The summed E-state index contributed by atoms with van der Waals surface area (Å²) >= 11 is 0. The number of ether oxygens (including phenoxy) is 1. The number of hydrogen-bond acceptors (Lipinski definition) is 3. The third kappa shape index (κ3) is 1.43. The summed E-state index contributed by atoms with van der Waals surface area (Å²) in [6.45, 7) is 7.98. The lowest BCUT2D eigenvalue weighted by Gasteiger charge is -2.27. The normalized spacial score (nSPS) is 43.1. The molecule has 18 heavy (non-hydrogen) atoms. The van der Waals surface area contributed by atoms with Gasteiger partial charge in [-0.15, -0.1) is 0 Å². The van der Waals surface area contributed by atoms with Gasteiger partial charge in [0.1, 0.15) is 6.10 Å². The fraction of sp³-hybridized carbons (Fsp3) is 0.600. The Morgan fingerprint density at radius 2 is 2.00 bits per heavy atom. The Hall–Kier alpha value is -1.38. The first-order chi connectivity index (χ1) is 8.50. The number of ketones is 1. The molecule has 0 aromatic heterocycles. The van der Waals surface area contributed by atoms with Crippen LogP contribution in [0.3, 0.4) is 0 Å². The van der Waals surface area contributed by atoms with Crippen molar-refractivity contribution in [1.29, 1.82) is 0 Å².